The Morgan fingerprint density at radius 3 is 2.62 bits per heavy atom. The van der Waals surface area contributed by atoms with E-state index >= 15 is 0 Å². The number of halogens is 2. The standard InChI is InChI=1S/C15H16F2N2O5/c1-23-12-6-11(9(16)5-10(12)17)18-13-8(15(22)24-2)7-19(3-4-20)14(13)21/h5-6,18,20H,3-4,7H2,1-2H3. The second kappa shape index (κ2) is 7.26. The third-order valence-electron chi connectivity index (χ3n) is 3.45. The smallest absolute Gasteiger partial charge is 0.337 e. The van der Waals surface area contributed by atoms with E-state index in [0.717, 1.165) is 13.2 Å². The number of benzene rings is 1. The van der Waals surface area contributed by atoms with Gasteiger partial charge in [-0.05, 0) is 0 Å². The maximum absolute atomic E-state index is 13.9. The molecule has 1 amide bonds. The van der Waals surface area contributed by atoms with Crippen LogP contribution in [0.4, 0.5) is 14.5 Å². The molecule has 1 aromatic rings. The van der Waals surface area contributed by atoms with Gasteiger partial charge in [0.25, 0.3) is 5.91 Å². The molecule has 0 bridgehead atoms. The van der Waals surface area contributed by atoms with Gasteiger partial charge in [-0.25, -0.2) is 13.6 Å². The number of aliphatic hydroxyl groups is 1. The quantitative estimate of drug-likeness (QED) is 0.738. The van der Waals surface area contributed by atoms with E-state index in [0.29, 0.717) is 6.07 Å². The van der Waals surface area contributed by atoms with E-state index in [-0.39, 0.29) is 42.4 Å². The highest BCUT2D eigenvalue weighted by molar-refractivity contribution is 6.08. The first-order valence-corrected chi connectivity index (χ1v) is 6.94. The number of hydrogen-bond donors (Lipinski definition) is 2. The molecule has 1 aliphatic rings. The summed E-state index contributed by atoms with van der Waals surface area (Å²) >= 11 is 0. The Morgan fingerprint density at radius 2 is 2.04 bits per heavy atom. The van der Waals surface area contributed by atoms with E-state index in [2.05, 4.69) is 10.1 Å². The Labute approximate surface area is 136 Å². The number of rotatable bonds is 6. The van der Waals surface area contributed by atoms with Gasteiger partial charge in [-0.15, -0.1) is 0 Å². The van der Waals surface area contributed by atoms with Crippen LogP contribution in [0, 0.1) is 11.6 Å². The molecule has 0 unspecified atom stereocenters. The Balaban J connectivity index is 2.40. The number of ether oxygens (including phenoxy) is 2. The molecule has 0 radical (unpaired) electrons. The van der Waals surface area contributed by atoms with Gasteiger partial charge >= 0.3 is 5.97 Å². The number of methoxy groups -OCH3 is 2. The van der Waals surface area contributed by atoms with Crippen LogP contribution in [0.3, 0.4) is 0 Å². The number of anilines is 1. The van der Waals surface area contributed by atoms with Crippen molar-refractivity contribution in [2.24, 2.45) is 0 Å². The largest absolute Gasteiger partial charge is 0.494 e. The summed E-state index contributed by atoms with van der Waals surface area (Å²) in [5.41, 5.74) is -0.439. The van der Waals surface area contributed by atoms with Crippen LogP contribution in [0.25, 0.3) is 0 Å². The average molecular weight is 342 g/mol. The first-order valence-electron chi connectivity index (χ1n) is 6.94. The normalized spacial score (nSPS) is 14.2. The number of aliphatic hydroxyl groups excluding tert-OH is 1. The van der Waals surface area contributed by atoms with Crippen LogP contribution in [0.15, 0.2) is 23.4 Å². The molecule has 2 N–H and O–H groups in total. The van der Waals surface area contributed by atoms with Crippen molar-refractivity contribution in [3.8, 4) is 5.75 Å². The Kier molecular flexibility index (Phi) is 5.35. The molecule has 7 nitrogen and oxygen atoms in total. The molecule has 0 saturated heterocycles. The SMILES string of the molecule is COC(=O)C1=C(Nc2cc(OC)c(F)cc2F)C(=O)N(CCO)C1. The fraction of sp³-hybridized carbons (Fsp3) is 0.333. The minimum Gasteiger partial charge on any atom is -0.494 e. The molecule has 0 fully saturated rings. The van der Waals surface area contributed by atoms with E-state index < -0.39 is 23.5 Å². The van der Waals surface area contributed by atoms with Gasteiger partial charge in [0.05, 0.1) is 38.6 Å². The van der Waals surface area contributed by atoms with E-state index in [4.69, 9.17) is 9.84 Å². The second-order valence-corrected chi connectivity index (χ2v) is 4.89. The van der Waals surface area contributed by atoms with Crippen molar-refractivity contribution < 1.29 is 33.0 Å². The molecule has 0 aliphatic carbocycles. The number of hydrogen-bond acceptors (Lipinski definition) is 6. The number of nitrogens with zero attached hydrogens (tertiary/aromatic N) is 1. The Bertz CT molecular complexity index is 705. The second-order valence-electron chi connectivity index (χ2n) is 4.89. The zero-order valence-electron chi connectivity index (χ0n) is 13.1. The number of carbonyl (C=O) groups is 2. The van der Waals surface area contributed by atoms with Crippen molar-refractivity contribution in [2.45, 2.75) is 0 Å². The lowest BCUT2D eigenvalue weighted by Gasteiger charge is -2.15. The molecule has 0 saturated carbocycles. The van der Waals surface area contributed by atoms with Crippen LogP contribution < -0.4 is 10.1 Å². The van der Waals surface area contributed by atoms with Gasteiger partial charge in [0.2, 0.25) is 0 Å². The van der Waals surface area contributed by atoms with Gasteiger partial charge in [0.1, 0.15) is 11.5 Å². The Hall–Kier alpha value is -2.68. The molecule has 0 atom stereocenters. The van der Waals surface area contributed by atoms with E-state index in [1.54, 1.807) is 0 Å². The van der Waals surface area contributed by atoms with Crippen molar-refractivity contribution in [3.05, 3.63) is 35.0 Å². The van der Waals surface area contributed by atoms with Crippen LogP contribution in [0.5, 0.6) is 5.75 Å². The number of amides is 1. The molecule has 1 aromatic carbocycles. The molecule has 0 aromatic heterocycles. The van der Waals surface area contributed by atoms with Crippen LogP contribution in [0.1, 0.15) is 0 Å². The van der Waals surface area contributed by atoms with Crippen molar-refractivity contribution >= 4 is 17.6 Å². The fourth-order valence-corrected chi connectivity index (χ4v) is 2.26. The molecule has 2 rings (SSSR count). The van der Waals surface area contributed by atoms with E-state index in [1.165, 1.54) is 12.0 Å². The number of nitrogens with one attached hydrogen (secondary N) is 1. The van der Waals surface area contributed by atoms with Gasteiger partial charge in [-0.1, -0.05) is 0 Å². The first-order chi connectivity index (χ1) is 11.4. The lowest BCUT2D eigenvalue weighted by atomic mass is 10.2. The number of β-amino-alcohol motifs (C(OH)–C–C–N with tert-alkyl or cyclic N) is 1. The minimum absolute atomic E-state index is 0.000269. The molecule has 9 heteroatoms. The zero-order chi connectivity index (χ0) is 17.9. The molecule has 1 heterocycles. The summed E-state index contributed by atoms with van der Waals surface area (Å²) in [7, 11) is 2.36. The molecule has 1 aliphatic heterocycles. The van der Waals surface area contributed by atoms with E-state index in [9.17, 15) is 18.4 Å². The van der Waals surface area contributed by atoms with Crippen molar-refractivity contribution in [2.75, 3.05) is 39.2 Å². The van der Waals surface area contributed by atoms with Crippen molar-refractivity contribution in [1.82, 2.24) is 4.90 Å². The summed E-state index contributed by atoms with van der Waals surface area (Å²) in [6.45, 7) is -0.389. The van der Waals surface area contributed by atoms with E-state index in [1.807, 2.05) is 0 Å². The van der Waals surface area contributed by atoms with Crippen LogP contribution in [-0.4, -0.2) is 55.8 Å². The summed E-state index contributed by atoms with van der Waals surface area (Å²) in [4.78, 5) is 25.4. The lowest BCUT2D eigenvalue weighted by Crippen LogP contribution is -2.31. The van der Waals surface area contributed by atoms with Gasteiger partial charge in [-0.3, -0.25) is 4.79 Å². The summed E-state index contributed by atoms with van der Waals surface area (Å²) in [6, 6.07) is 1.64. The maximum atomic E-state index is 13.9. The summed E-state index contributed by atoms with van der Waals surface area (Å²) in [5.74, 6) is -3.45. The number of esters is 1. The lowest BCUT2D eigenvalue weighted by molar-refractivity contribution is -0.136. The summed E-state index contributed by atoms with van der Waals surface area (Å²) in [6.07, 6.45) is 0. The summed E-state index contributed by atoms with van der Waals surface area (Å²) in [5, 5.41) is 11.5. The van der Waals surface area contributed by atoms with Gasteiger partial charge in [0.15, 0.2) is 11.6 Å². The van der Waals surface area contributed by atoms with Gasteiger partial charge < -0.3 is 24.8 Å². The van der Waals surface area contributed by atoms with Crippen LogP contribution >= 0.6 is 0 Å². The highest BCUT2D eigenvalue weighted by atomic mass is 19.1. The fourth-order valence-electron chi connectivity index (χ4n) is 2.26. The number of carbonyl (C=O) groups excluding carboxylic acids is 2. The highest BCUT2D eigenvalue weighted by Gasteiger charge is 2.34. The molecule has 24 heavy (non-hydrogen) atoms. The average Bonchev–Trinajstić information content (AvgIpc) is 2.86. The van der Waals surface area contributed by atoms with Gasteiger partial charge in [0, 0.05) is 18.7 Å². The molecule has 0 spiro atoms. The topological polar surface area (TPSA) is 88.1 Å². The third-order valence-corrected chi connectivity index (χ3v) is 3.45. The third kappa shape index (κ3) is 3.30. The van der Waals surface area contributed by atoms with Crippen LogP contribution in [0.2, 0.25) is 0 Å². The van der Waals surface area contributed by atoms with Crippen molar-refractivity contribution in [1.29, 1.82) is 0 Å². The summed E-state index contributed by atoms with van der Waals surface area (Å²) < 4.78 is 36.8. The predicted octanol–water partition coefficient (Wildman–Crippen LogP) is 0.647. The van der Waals surface area contributed by atoms with Crippen LogP contribution in [-0.2, 0) is 14.3 Å². The van der Waals surface area contributed by atoms with Gasteiger partial charge in [-0.2, -0.15) is 0 Å². The highest BCUT2D eigenvalue weighted by Crippen LogP contribution is 2.28. The zero-order valence-corrected chi connectivity index (χ0v) is 13.1. The monoisotopic (exact) mass is 342 g/mol. The molecule has 130 valence electrons. The maximum Gasteiger partial charge on any atom is 0.337 e. The molecular formula is C15H16F2N2O5. The Morgan fingerprint density at radius 1 is 1.33 bits per heavy atom. The van der Waals surface area contributed by atoms with Crippen molar-refractivity contribution in [3.63, 3.8) is 0 Å². The predicted molar refractivity (Wildman–Crippen MR) is 79.2 cm³/mol. The minimum atomic E-state index is -0.960. The molecular weight excluding hydrogens is 326 g/mol. The first kappa shape index (κ1) is 17.7.